The highest BCUT2D eigenvalue weighted by Crippen LogP contribution is 2.27. The first-order chi connectivity index (χ1) is 7.19. The Morgan fingerprint density at radius 2 is 2.27 bits per heavy atom. The molecule has 84 valence electrons. The maximum Gasteiger partial charge on any atom is 0.183 e. The van der Waals surface area contributed by atoms with Crippen LogP contribution >= 0.6 is 31.9 Å². The van der Waals surface area contributed by atoms with Crippen molar-refractivity contribution < 1.29 is 9.15 Å². The van der Waals surface area contributed by atoms with Gasteiger partial charge >= 0.3 is 0 Å². The third kappa shape index (κ3) is 2.84. The molecule has 0 radical (unpaired) electrons. The largest absolute Gasteiger partial charge is 0.452 e. The topological polar surface area (TPSA) is 34.4 Å². The van der Waals surface area contributed by atoms with Gasteiger partial charge in [0.1, 0.15) is 5.76 Å². The number of methoxy groups -OCH3 is 1. The Labute approximate surface area is 106 Å². The monoisotopic (exact) mass is 337 g/mol. The standard InChI is InChI=1S/C10H13Br2NO2/c1-14-7-2-6(3-7)13-5-8-4-9(11)10(12)15-8/h4,6-7,13H,2-3,5H2,1H3. The highest BCUT2D eigenvalue weighted by Gasteiger charge is 2.28. The molecule has 0 saturated heterocycles. The third-order valence-corrected chi connectivity index (χ3v) is 4.40. The van der Waals surface area contributed by atoms with Crippen LogP contribution in [0.3, 0.4) is 0 Å². The molecule has 15 heavy (non-hydrogen) atoms. The fourth-order valence-electron chi connectivity index (χ4n) is 1.65. The van der Waals surface area contributed by atoms with Crippen molar-refractivity contribution in [3.05, 3.63) is 21.0 Å². The van der Waals surface area contributed by atoms with Crippen LogP contribution in [-0.4, -0.2) is 19.3 Å². The molecule has 1 N–H and O–H groups in total. The van der Waals surface area contributed by atoms with Crippen molar-refractivity contribution in [2.24, 2.45) is 0 Å². The van der Waals surface area contributed by atoms with Gasteiger partial charge in [-0.15, -0.1) is 0 Å². The smallest absolute Gasteiger partial charge is 0.183 e. The van der Waals surface area contributed by atoms with Crippen molar-refractivity contribution in [1.82, 2.24) is 5.32 Å². The first-order valence-corrected chi connectivity index (χ1v) is 6.47. The van der Waals surface area contributed by atoms with Crippen molar-refractivity contribution >= 4 is 31.9 Å². The van der Waals surface area contributed by atoms with Crippen LogP contribution in [0.5, 0.6) is 0 Å². The van der Waals surface area contributed by atoms with E-state index < -0.39 is 0 Å². The lowest BCUT2D eigenvalue weighted by Gasteiger charge is -2.34. The number of hydrogen-bond acceptors (Lipinski definition) is 3. The molecule has 1 saturated carbocycles. The molecule has 0 aromatic carbocycles. The van der Waals surface area contributed by atoms with E-state index >= 15 is 0 Å². The van der Waals surface area contributed by atoms with Crippen LogP contribution in [0.4, 0.5) is 0 Å². The van der Waals surface area contributed by atoms with E-state index in [9.17, 15) is 0 Å². The van der Waals surface area contributed by atoms with Crippen molar-refractivity contribution in [3.8, 4) is 0 Å². The van der Waals surface area contributed by atoms with Gasteiger partial charge in [0, 0.05) is 13.2 Å². The number of hydrogen-bond donors (Lipinski definition) is 1. The van der Waals surface area contributed by atoms with Gasteiger partial charge in [-0.1, -0.05) is 0 Å². The number of furan rings is 1. The molecule has 1 fully saturated rings. The molecule has 0 unspecified atom stereocenters. The molecule has 1 heterocycles. The second-order valence-electron chi connectivity index (χ2n) is 3.74. The van der Waals surface area contributed by atoms with Crippen molar-refractivity contribution in [1.29, 1.82) is 0 Å². The fourth-order valence-corrected chi connectivity index (χ4v) is 2.31. The van der Waals surface area contributed by atoms with Crippen LogP contribution in [0.2, 0.25) is 0 Å². The van der Waals surface area contributed by atoms with E-state index in [-0.39, 0.29) is 0 Å². The highest BCUT2D eigenvalue weighted by molar-refractivity contribution is 9.13. The molecular formula is C10H13Br2NO2. The number of halogens is 2. The maximum absolute atomic E-state index is 5.46. The Bertz CT molecular complexity index is 315. The summed E-state index contributed by atoms with van der Waals surface area (Å²) in [4.78, 5) is 0. The SMILES string of the molecule is COC1CC(NCc2cc(Br)c(Br)o2)C1. The fraction of sp³-hybridized carbons (Fsp3) is 0.600. The van der Waals surface area contributed by atoms with Gasteiger partial charge in [-0.3, -0.25) is 0 Å². The van der Waals surface area contributed by atoms with Gasteiger partial charge in [0.25, 0.3) is 0 Å². The third-order valence-electron chi connectivity index (χ3n) is 2.69. The summed E-state index contributed by atoms with van der Waals surface area (Å²) in [7, 11) is 1.77. The quantitative estimate of drug-likeness (QED) is 0.916. The van der Waals surface area contributed by atoms with E-state index in [1.54, 1.807) is 7.11 Å². The predicted molar refractivity (Wildman–Crippen MR) is 64.8 cm³/mol. The number of rotatable bonds is 4. The number of ether oxygens (including phenoxy) is 1. The van der Waals surface area contributed by atoms with E-state index in [1.165, 1.54) is 0 Å². The molecule has 0 aliphatic heterocycles. The normalized spacial score (nSPS) is 25.3. The van der Waals surface area contributed by atoms with Crippen molar-refractivity contribution in [3.63, 3.8) is 0 Å². The minimum atomic E-state index is 0.442. The van der Waals surface area contributed by atoms with Gasteiger partial charge in [0.2, 0.25) is 0 Å². The lowest BCUT2D eigenvalue weighted by Crippen LogP contribution is -2.44. The summed E-state index contributed by atoms with van der Waals surface area (Å²) in [6.45, 7) is 0.769. The van der Waals surface area contributed by atoms with Crippen LogP contribution in [0.15, 0.2) is 19.6 Å². The molecule has 3 nitrogen and oxygen atoms in total. The van der Waals surface area contributed by atoms with E-state index in [4.69, 9.17) is 9.15 Å². The van der Waals surface area contributed by atoms with Crippen LogP contribution in [0, 0.1) is 0 Å². The summed E-state index contributed by atoms with van der Waals surface area (Å²) in [5.74, 6) is 0.939. The Morgan fingerprint density at radius 3 is 2.80 bits per heavy atom. The lowest BCUT2D eigenvalue weighted by molar-refractivity contribution is 0.0165. The zero-order valence-electron chi connectivity index (χ0n) is 8.43. The van der Waals surface area contributed by atoms with E-state index in [0.29, 0.717) is 12.1 Å². The zero-order chi connectivity index (χ0) is 10.8. The van der Waals surface area contributed by atoms with Gasteiger partial charge < -0.3 is 14.5 Å². The van der Waals surface area contributed by atoms with Gasteiger partial charge in [-0.2, -0.15) is 0 Å². The van der Waals surface area contributed by atoms with Crippen LogP contribution in [0.1, 0.15) is 18.6 Å². The Morgan fingerprint density at radius 1 is 1.53 bits per heavy atom. The summed E-state index contributed by atoms with van der Waals surface area (Å²) >= 11 is 6.70. The van der Waals surface area contributed by atoms with Crippen LogP contribution in [0.25, 0.3) is 0 Å². The van der Waals surface area contributed by atoms with Crippen molar-refractivity contribution in [2.75, 3.05) is 7.11 Å². The molecule has 0 amide bonds. The molecule has 0 spiro atoms. The van der Waals surface area contributed by atoms with E-state index in [0.717, 1.165) is 34.3 Å². The Kier molecular flexibility index (Phi) is 3.88. The summed E-state index contributed by atoms with van der Waals surface area (Å²) in [6, 6.07) is 2.54. The molecule has 1 aromatic rings. The average molecular weight is 339 g/mol. The maximum atomic E-state index is 5.46. The van der Waals surface area contributed by atoms with E-state index in [2.05, 4.69) is 37.2 Å². The van der Waals surface area contributed by atoms with Gasteiger partial charge in [0.05, 0.1) is 17.1 Å². The molecule has 0 bridgehead atoms. The zero-order valence-corrected chi connectivity index (χ0v) is 11.6. The summed E-state index contributed by atoms with van der Waals surface area (Å²) < 4.78 is 12.4. The van der Waals surface area contributed by atoms with Gasteiger partial charge in [-0.05, 0) is 50.8 Å². The molecule has 1 aliphatic rings. The molecular weight excluding hydrogens is 326 g/mol. The molecule has 5 heteroatoms. The second-order valence-corrected chi connectivity index (χ2v) is 5.32. The van der Waals surface area contributed by atoms with Gasteiger partial charge in [-0.25, -0.2) is 0 Å². The molecule has 1 aliphatic carbocycles. The summed E-state index contributed by atoms with van der Waals surface area (Å²) in [5.41, 5.74) is 0. The average Bonchev–Trinajstić information content (AvgIpc) is 2.44. The predicted octanol–water partition coefficient (Wildman–Crippen LogP) is 3.07. The molecule has 2 rings (SSSR count). The van der Waals surface area contributed by atoms with Crippen molar-refractivity contribution in [2.45, 2.75) is 31.5 Å². The first kappa shape index (κ1) is 11.6. The Balaban J connectivity index is 1.75. The lowest BCUT2D eigenvalue weighted by atomic mass is 9.89. The summed E-state index contributed by atoms with van der Waals surface area (Å²) in [6.07, 6.45) is 2.64. The van der Waals surface area contributed by atoms with Crippen LogP contribution in [-0.2, 0) is 11.3 Å². The first-order valence-electron chi connectivity index (χ1n) is 4.89. The van der Waals surface area contributed by atoms with E-state index in [1.807, 2.05) is 6.07 Å². The Hall–Kier alpha value is 0.160. The van der Waals surface area contributed by atoms with Gasteiger partial charge in [0.15, 0.2) is 4.67 Å². The highest BCUT2D eigenvalue weighted by atomic mass is 79.9. The number of nitrogens with one attached hydrogen (secondary N) is 1. The summed E-state index contributed by atoms with van der Waals surface area (Å²) in [5, 5.41) is 3.42. The molecule has 0 atom stereocenters. The van der Waals surface area contributed by atoms with Crippen LogP contribution < -0.4 is 5.32 Å². The minimum absolute atomic E-state index is 0.442. The molecule has 1 aromatic heterocycles. The second kappa shape index (κ2) is 4.99. The minimum Gasteiger partial charge on any atom is -0.452 e.